The predicted molar refractivity (Wildman–Crippen MR) is 70.4 cm³/mol. The third kappa shape index (κ3) is 2.56. The van der Waals surface area contributed by atoms with Gasteiger partial charge in [0.2, 0.25) is 0 Å². The van der Waals surface area contributed by atoms with Crippen molar-refractivity contribution in [2.45, 2.75) is 20.3 Å². The Hall–Kier alpha value is -2.17. The standard InChI is InChI=1S/C13H16N4O/c1-3-9-8-12(17-18-9)10-6-5-7-11(16-10)13(14)15-4-2/h5-8H,3-4H2,1-2H3,(H2,14,15). The summed E-state index contributed by atoms with van der Waals surface area (Å²) in [6.07, 6.45) is 0.812. The lowest BCUT2D eigenvalue weighted by molar-refractivity contribution is 0.389. The van der Waals surface area contributed by atoms with Crippen LogP contribution in [-0.2, 0) is 6.42 Å². The molecule has 0 aromatic carbocycles. The Bertz CT molecular complexity index is 560. The Morgan fingerprint density at radius 3 is 2.83 bits per heavy atom. The van der Waals surface area contributed by atoms with E-state index in [2.05, 4.69) is 15.1 Å². The van der Waals surface area contributed by atoms with E-state index in [1.54, 1.807) is 0 Å². The first-order chi connectivity index (χ1) is 8.74. The summed E-state index contributed by atoms with van der Waals surface area (Å²) in [6, 6.07) is 7.48. The number of nitrogens with zero attached hydrogens (tertiary/aromatic N) is 3. The first-order valence-electron chi connectivity index (χ1n) is 5.98. The maximum Gasteiger partial charge on any atom is 0.144 e. The summed E-state index contributed by atoms with van der Waals surface area (Å²) in [5.74, 6) is 1.28. The molecule has 0 unspecified atom stereocenters. The lowest BCUT2D eigenvalue weighted by Gasteiger charge is -2.01. The number of amidine groups is 1. The van der Waals surface area contributed by atoms with E-state index in [-0.39, 0.29) is 0 Å². The summed E-state index contributed by atoms with van der Waals surface area (Å²) in [7, 11) is 0. The Morgan fingerprint density at radius 2 is 2.17 bits per heavy atom. The second kappa shape index (κ2) is 5.44. The lowest BCUT2D eigenvalue weighted by Crippen LogP contribution is -2.15. The van der Waals surface area contributed by atoms with Crippen molar-refractivity contribution in [2.75, 3.05) is 6.54 Å². The van der Waals surface area contributed by atoms with Crippen molar-refractivity contribution in [3.63, 3.8) is 0 Å². The highest BCUT2D eigenvalue weighted by Gasteiger charge is 2.08. The first-order valence-corrected chi connectivity index (χ1v) is 5.98. The fourth-order valence-electron chi connectivity index (χ4n) is 1.57. The van der Waals surface area contributed by atoms with E-state index < -0.39 is 0 Å². The van der Waals surface area contributed by atoms with Crippen LogP contribution in [0.2, 0.25) is 0 Å². The number of aliphatic imine (C=N–C) groups is 1. The molecule has 94 valence electrons. The molecule has 0 aliphatic heterocycles. The summed E-state index contributed by atoms with van der Waals surface area (Å²) in [5.41, 5.74) is 7.95. The van der Waals surface area contributed by atoms with Crippen LogP contribution in [0.1, 0.15) is 25.3 Å². The van der Waals surface area contributed by atoms with E-state index in [4.69, 9.17) is 10.3 Å². The number of hydrogen-bond acceptors (Lipinski definition) is 4. The van der Waals surface area contributed by atoms with Gasteiger partial charge in [0.1, 0.15) is 23.0 Å². The van der Waals surface area contributed by atoms with E-state index in [1.807, 2.05) is 38.1 Å². The summed E-state index contributed by atoms with van der Waals surface area (Å²) >= 11 is 0. The largest absolute Gasteiger partial charge is 0.382 e. The molecular formula is C13H16N4O. The van der Waals surface area contributed by atoms with Crippen LogP contribution in [0.4, 0.5) is 0 Å². The zero-order valence-electron chi connectivity index (χ0n) is 10.6. The van der Waals surface area contributed by atoms with Gasteiger partial charge in [0, 0.05) is 19.0 Å². The number of hydrogen-bond donors (Lipinski definition) is 1. The van der Waals surface area contributed by atoms with Crippen LogP contribution in [0.3, 0.4) is 0 Å². The van der Waals surface area contributed by atoms with Crippen LogP contribution < -0.4 is 5.73 Å². The van der Waals surface area contributed by atoms with Gasteiger partial charge < -0.3 is 10.3 Å². The average molecular weight is 244 g/mol. The minimum absolute atomic E-state index is 0.443. The second-order valence-electron chi connectivity index (χ2n) is 3.80. The molecule has 0 bridgehead atoms. The molecule has 5 nitrogen and oxygen atoms in total. The van der Waals surface area contributed by atoms with Crippen molar-refractivity contribution < 1.29 is 4.52 Å². The molecule has 0 amide bonds. The zero-order valence-corrected chi connectivity index (χ0v) is 10.6. The third-order valence-corrected chi connectivity index (χ3v) is 2.51. The van der Waals surface area contributed by atoms with Crippen molar-refractivity contribution in [3.05, 3.63) is 35.7 Å². The van der Waals surface area contributed by atoms with Gasteiger partial charge in [-0.2, -0.15) is 0 Å². The average Bonchev–Trinajstić information content (AvgIpc) is 2.88. The number of rotatable bonds is 4. The van der Waals surface area contributed by atoms with Crippen LogP contribution in [-0.4, -0.2) is 22.5 Å². The van der Waals surface area contributed by atoms with Crippen molar-refractivity contribution >= 4 is 5.84 Å². The molecule has 2 heterocycles. The molecular weight excluding hydrogens is 228 g/mol. The highest BCUT2D eigenvalue weighted by Crippen LogP contribution is 2.17. The molecule has 0 fully saturated rings. The van der Waals surface area contributed by atoms with Crippen molar-refractivity contribution in [1.29, 1.82) is 0 Å². The van der Waals surface area contributed by atoms with Crippen molar-refractivity contribution in [1.82, 2.24) is 10.1 Å². The van der Waals surface area contributed by atoms with Gasteiger partial charge in [0.25, 0.3) is 0 Å². The summed E-state index contributed by atoms with van der Waals surface area (Å²) in [4.78, 5) is 8.57. The summed E-state index contributed by atoms with van der Waals surface area (Å²) in [5, 5.41) is 3.99. The topological polar surface area (TPSA) is 77.3 Å². The van der Waals surface area contributed by atoms with Gasteiger partial charge in [-0.05, 0) is 19.1 Å². The molecule has 5 heteroatoms. The first kappa shape index (κ1) is 12.3. The Morgan fingerprint density at radius 1 is 1.33 bits per heavy atom. The quantitative estimate of drug-likeness (QED) is 0.659. The monoisotopic (exact) mass is 244 g/mol. The highest BCUT2D eigenvalue weighted by atomic mass is 16.5. The number of nitrogens with two attached hydrogens (primary N) is 1. The van der Waals surface area contributed by atoms with E-state index in [1.165, 1.54) is 0 Å². The van der Waals surface area contributed by atoms with Crippen LogP contribution in [0, 0.1) is 0 Å². The number of aromatic nitrogens is 2. The maximum absolute atomic E-state index is 5.83. The van der Waals surface area contributed by atoms with E-state index >= 15 is 0 Å². The van der Waals surface area contributed by atoms with Gasteiger partial charge in [-0.25, -0.2) is 4.98 Å². The summed E-state index contributed by atoms with van der Waals surface area (Å²) < 4.78 is 5.16. The molecule has 0 saturated heterocycles. The van der Waals surface area contributed by atoms with Gasteiger partial charge in [-0.15, -0.1) is 0 Å². The SMILES string of the molecule is CCN=C(N)c1cccc(-c2cc(CC)on2)n1. The number of aryl methyl sites for hydroxylation is 1. The fourth-order valence-corrected chi connectivity index (χ4v) is 1.57. The van der Waals surface area contributed by atoms with Crippen molar-refractivity contribution in [3.8, 4) is 11.4 Å². The van der Waals surface area contributed by atoms with Gasteiger partial charge in [0.15, 0.2) is 0 Å². The molecule has 0 aliphatic rings. The fraction of sp³-hybridized carbons (Fsp3) is 0.308. The molecule has 2 N–H and O–H groups in total. The van der Waals surface area contributed by atoms with Crippen LogP contribution >= 0.6 is 0 Å². The molecule has 0 saturated carbocycles. The molecule has 0 atom stereocenters. The zero-order chi connectivity index (χ0) is 13.0. The second-order valence-corrected chi connectivity index (χ2v) is 3.80. The minimum atomic E-state index is 0.443. The van der Waals surface area contributed by atoms with E-state index in [0.717, 1.165) is 23.6 Å². The Labute approximate surface area is 106 Å². The molecule has 0 aliphatic carbocycles. The van der Waals surface area contributed by atoms with Gasteiger partial charge >= 0.3 is 0 Å². The van der Waals surface area contributed by atoms with E-state index in [0.29, 0.717) is 18.1 Å². The minimum Gasteiger partial charge on any atom is -0.382 e. The van der Waals surface area contributed by atoms with Crippen LogP contribution in [0.15, 0.2) is 33.8 Å². The maximum atomic E-state index is 5.83. The van der Waals surface area contributed by atoms with Gasteiger partial charge in [-0.1, -0.05) is 18.1 Å². The van der Waals surface area contributed by atoms with Crippen molar-refractivity contribution in [2.24, 2.45) is 10.7 Å². The Balaban J connectivity index is 2.35. The molecule has 0 spiro atoms. The lowest BCUT2D eigenvalue weighted by atomic mass is 10.2. The smallest absolute Gasteiger partial charge is 0.144 e. The molecule has 2 aromatic heterocycles. The highest BCUT2D eigenvalue weighted by molar-refractivity contribution is 5.96. The van der Waals surface area contributed by atoms with Crippen LogP contribution in [0.5, 0.6) is 0 Å². The summed E-state index contributed by atoms with van der Waals surface area (Å²) in [6.45, 7) is 4.59. The molecule has 2 rings (SSSR count). The molecule has 2 aromatic rings. The predicted octanol–water partition coefficient (Wildman–Crippen LogP) is 2.02. The molecule has 0 radical (unpaired) electrons. The number of pyridine rings is 1. The van der Waals surface area contributed by atoms with E-state index in [9.17, 15) is 0 Å². The normalized spacial score (nSPS) is 11.8. The van der Waals surface area contributed by atoms with Crippen LogP contribution in [0.25, 0.3) is 11.4 Å². The molecule has 18 heavy (non-hydrogen) atoms. The van der Waals surface area contributed by atoms with Gasteiger partial charge in [0.05, 0.1) is 5.69 Å². The Kier molecular flexibility index (Phi) is 3.72. The van der Waals surface area contributed by atoms with Gasteiger partial charge in [-0.3, -0.25) is 4.99 Å². The third-order valence-electron chi connectivity index (χ3n) is 2.51.